The van der Waals surface area contributed by atoms with Crippen molar-refractivity contribution in [1.82, 2.24) is 0 Å². The second-order valence-corrected chi connectivity index (χ2v) is 13.0. The second kappa shape index (κ2) is 8.56. The van der Waals surface area contributed by atoms with Crippen molar-refractivity contribution >= 4 is 0 Å². The Morgan fingerprint density at radius 3 is 2.16 bits per heavy atom. The van der Waals surface area contributed by atoms with E-state index in [1.165, 1.54) is 12.8 Å². The standard InChI is InChI=1S/C27H48O4/c1-15(2)22(29)7-6-16(3)20-14-24(31)25-18-13-23(30)21-12-17(28)8-10-26(21,4)19(18)9-11-27(20,25)5/h15-25,28-31H,6-14H2,1-5H3/t16-,17+,18-,19+,20-,21-,22+,23+,24-,25-,26-,27-/m1/s1. The van der Waals surface area contributed by atoms with Gasteiger partial charge in [-0.3, -0.25) is 0 Å². The van der Waals surface area contributed by atoms with Crippen LogP contribution >= 0.6 is 0 Å². The van der Waals surface area contributed by atoms with Gasteiger partial charge in [-0.15, -0.1) is 0 Å². The Balaban J connectivity index is 1.54. The summed E-state index contributed by atoms with van der Waals surface area (Å²) in [6, 6.07) is 0. The van der Waals surface area contributed by atoms with Gasteiger partial charge in [0.25, 0.3) is 0 Å². The molecule has 4 nitrogen and oxygen atoms in total. The maximum Gasteiger partial charge on any atom is 0.0579 e. The lowest BCUT2D eigenvalue weighted by Crippen LogP contribution is -2.59. The van der Waals surface area contributed by atoms with Gasteiger partial charge in [0.05, 0.1) is 24.4 Å². The van der Waals surface area contributed by atoms with Gasteiger partial charge >= 0.3 is 0 Å². The van der Waals surface area contributed by atoms with Crippen LogP contribution in [0.5, 0.6) is 0 Å². The zero-order chi connectivity index (χ0) is 22.7. The van der Waals surface area contributed by atoms with Crippen molar-refractivity contribution in [3.63, 3.8) is 0 Å². The minimum Gasteiger partial charge on any atom is -0.393 e. The molecule has 4 fully saturated rings. The summed E-state index contributed by atoms with van der Waals surface area (Å²) in [4.78, 5) is 0. The molecule has 4 saturated carbocycles. The normalized spacial score (nSPS) is 51.7. The van der Waals surface area contributed by atoms with E-state index in [4.69, 9.17) is 0 Å². The summed E-state index contributed by atoms with van der Waals surface area (Å²) in [7, 11) is 0. The summed E-state index contributed by atoms with van der Waals surface area (Å²) in [6.45, 7) is 11.3. The molecule has 0 heterocycles. The van der Waals surface area contributed by atoms with Gasteiger partial charge in [0.15, 0.2) is 0 Å². The van der Waals surface area contributed by atoms with Crippen LogP contribution < -0.4 is 0 Å². The summed E-state index contributed by atoms with van der Waals surface area (Å²) in [5.41, 5.74) is 0.216. The molecule has 0 bridgehead atoms. The van der Waals surface area contributed by atoms with Gasteiger partial charge in [0.2, 0.25) is 0 Å². The van der Waals surface area contributed by atoms with E-state index < -0.39 is 0 Å². The molecular weight excluding hydrogens is 388 g/mol. The molecular formula is C27H48O4. The predicted molar refractivity (Wildman–Crippen MR) is 123 cm³/mol. The molecule has 4 heteroatoms. The van der Waals surface area contributed by atoms with E-state index in [0.29, 0.717) is 29.6 Å². The van der Waals surface area contributed by atoms with Gasteiger partial charge in [0, 0.05) is 0 Å². The van der Waals surface area contributed by atoms with Crippen LogP contribution in [-0.2, 0) is 0 Å². The lowest BCUT2D eigenvalue weighted by atomic mass is 9.43. The minimum atomic E-state index is -0.353. The van der Waals surface area contributed by atoms with Crippen LogP contribution in [0.3, 0.4) is 0 Å². The topological polar surface area (TPSA) is 80.9 Å². The van der Waals surface area contributed by atoms with Crippen LogP contribution in [0.2, 0.25) is 0 Å². The Bertz CT molecular complexity index is 637. The van der Waals surface area contributed by atoms with Gasteiger partial charge in [-0.25, -0.2) is 0 Å². The first-order valence-electron chi connectivity index (χ1n) is 13.2. The number of rotatable bonds is 5. The van der Waals surface area contributed by atoms with Crippen LogP contribution in [-0.4, -0.2) is 44.8 Å². The van der Waals surface area contributed by atoms with Crippen molar-refractivity contribution in [2.45, 2.75) is 117 Å². The van der Waals surface area contributed by atoms with Gasteiger partial charge in [-0.1, -0.05) is 34.6 Å². The van der Waals surface area contributed by atoms with E-state index >= 15 is 0 Å². The predicted octanol–water partition coefficient (Wildman–Crippen LogP) is 4.38. The van der Waals surface area contributed by atoms with Crippen LogP contribution in [0.15, 0.2) is 0 Å². The largest absolute Gasteiger partial charge is 0.393 e. The number of fused-ring (bicyclic) bond motifs is 5. The lowest BCUT2D eigenvalue weighted by Gasteiger charge is -2.62. The number of hydrogen-bond donors (Lipinski definition) is 4. The molecule has 4 N–H and O–H groups in total. The van der Waals surface area contributed by atoms with Crippen molar-refractivity contribution in [1.29, 1.82) is 0 Å². The van der Waals surface area contributed by atoms with Gasteiger partial charge < -0.3 is 20.4 Å². The van der Waals surface area contributed by atoms with E-state index in [1.807, 2.05) is 0 Å². The highest BCUT2D eigenvalue weighted by Gasteiger charge is 2.64. The average Bonchev–Trinajstić information content (AvgIpc) is 2.98. The molecule has 0 radical (unpaired) electrons. The molecule has 0 aromatic carbocycles. The Hall–Kier alpha value is -0.160. The fraction of sp³-hybridized carbons (Fsp3) is 1.00. The highest BCUT2D eigenvalue weighted by Crippen LogP contribution is 2.68. The monoisotopic (exact) mass is 436 g/mol. The SMILES string of the molecule is CC(C)[C@@H](O)CC[C@@H](C)[C@H]1C[C@@H](O)[C@H]2[C@@H]3C[C@H](O)[C@H]4C[C@@H](O)CC[C@]4(C)[C@H]3CC[C@@]21C. The Labute approximate surface area is 189 Å². The van der Waals surface area contributed by atoms with E-state index in [1.54, 1.807) is 0 Å². The third kappa shape index (κ3) is 3.92. The lowest BCUT2D eigenvalue weighted by molar-refractivity contribution is -0.181. The smallest absolute Gasteiger partial charge is 0.0579 e. The number of aliphatic hydroxyl groups is 4. The fourth-order valence-electron chi connectivity index (χ4n) is 9.24. The van der Waals surface area contributed by atoms with E-state index in [-0.39, 0.29) is 47.1 Å². The maximum absolute atomic E-state index is 11.4. The molecule has 180 valence electrons. The third-order valence-electron chi connectivity index (χ3n) is 11.1. The van der Waals surface area contributed by atoms with Crippen molar-refractivity contribution < 1.29 is 20.4 Å². The summed E-state index contributed by atoms with van der Waals surface area (Å²) in [5, 5.41) is 43.1. The summed E-state index contributed by atoms with van der Waals surface area (Å²) in [6.07, 6.45) is 7.36. The molecule has 0 aromatic rings. The molecule has 0 saturated heterocycles. The molecule has 0 amide bonds. The Morgan fingerprint density at radius 1 is 0.806 bits per heavy atom. The summed E-state index contributed by atoms with van der Waals surface area (Å²) in [5.74, 6) is 2.70. The minimum absolute atomic E-state index is 0.0910. The van der Waals surface area contributed by atoms with Crippen LogP contribution in [0.25, 0.3) is 0 Å². The highest BCUT2D eigenvalue weighted by molar-refractivity contribution is 5.13. The van der Waals surface area contributed by atoms with Gasteiger partial charge in [-0.05, 0) is 110 Å². The van der Waals surface area contributed by atoms with Crippen molar-refractivity contribution in [3.05, 3.63) is 0 Å². The van der Waals surface area contributed by atoms with Crippen LogP contribution in [0, 0.1) is 52.3 Å². The van der Waals surface area contributed by atoms with E-state index in [0.717, 1.165) is 44.9 Å². The molecule has 0 aromatic heterocycles. The Morgan fingerprint density at radius 2 is 1.48 bits per heavy atom. The first-order chi connectivity index (χ1) is 14.5. The first kappa shape index (κ1) is 24.0. The second-order valence-electron chi connectivity index (χ2n) is 13.0. The van der Waals surface area contributed by atoms with Crippen molar-refractivity contribution in [3.8, 4) is 0 Å². The van der Waals surface area contributed by atoms with Crippen molar-refractivity contribution in [2.24, 2.45) is 52.3 Å². The quantitative estimate of drug-likeness (QED) is 0.515. The molecule has 0 spiro atoms. The third-order valence-corrected chi connectivity index (χ3v) is 11.1. The Kier molecular flexibility index (Phi) is 6.62. The fourth-order valence-corrected chi connectivity index (χ4v) is 9.24. The molecule has 0 aliphatic heterocycles. The summed E-state index contributed by atoms with van der Waals surface area (Å²) < 4.78 is 0. The van der Waals surface area contributed by atoms with Gasteiger partial charge in [0.1, 0.15) is 0 Å². The number of aliphatic hydroxyl groups excluding tert-OH is 4. The molecule has 4 aliphatic carbocycles. The zero-order valence-corrected chi connectivity index (χ0v) is 20.5. The average molecular weight is 437 g/mol. The molecule has 31 heavy (non-hydrogen) atoms. The first-order valence-corrected chi connectivity index (χ1v) is 13.2. The number of hydrogen-bond acceptors (Lipinski definition) is 4. The highest BCUT2D eigenvalue weighted by atomic mass is 16.3. The van der Waals surface area contributed by atoms with Crippen LogP contribution in [0.1, 0.15) is 92.4 Å². The summed E-state index contributed by atoms with van der Waals surface area (Å²) >= 11 is 0. The molecule has 0 unspecified atom stereocenters. The van der Waals surface area contributed by atoms with Crippen LogP contribution in [0.4, 0.5) is 0 Å². The molecule has 4 aliphatic rings. The van der Waals surface area contributed by atoms with Crippen molar-refractivity contribution in [2.75, 3.05) is 0 Å². The van der Waals surface area contributed by atoms with E-state index in [2.05, 4.69) is 34.6 Å². The molecule has 12 atom stereocenters. The van der Waals surface area contributed by atoms with E-state index in [9.17, 15) is 20.4 Å². The molecule has 4 rings (SSSR count). The van der Waals surface area contributed by atoms with Gasteiger partial charge in [-0.2, -0.15) is 0 Å². The zero-order valence-electron chi connectivity index (χ0n) is 20.5. The maximum atomic E-state index is 11.4.